The minimum Gasteiger partial charge on any atom is -0.462 e. The lowest BCUT2D eigenvalue weighted by Gasteiger charge is -2.22. The van der Waals surface area contributed by atoms with Crippen molar-refractivity contribution in [2.24, 2.45) is 7.05 Å². The van der Waals surface area contributed by atoms with Gasteiger partial charge in [-0.25, -0.2) is 9.78 Å². The number of ether oxygens (including phenoxy) is 1. The number of aryl methyl sites for hydroxylation is 2. The molecule has 8 nitrogen and oxygen atoms in total. The number of amides is 1. The van der Waals surface area contributed by atoms with Gasteiger partial charge in [0.1, 0.15) is 5.82 Å². The molecule has 160 valence electrons. The van der Waals surface area contributed by atoms with Crippen molar-refractivity contribution in [1.29, 1.82) is 0 Å². The van der Waals surface area contributed by atoms with Crippen LogP contribution in [0.2, 0.25) is 0 Å². The van der Waals surface area contributed by atoms with Gasteiger partial charge in [-0.05, 0) is 45.4 Å². The molecule has 8 heteroatoms. The monoisotopic (exact) mass is 411 g/mol. The van der Waals surface area contributed by atoms with E-state index in [0.717, 1.165) is 35.7 Å². The van der Waals surface area contributed by atoms with Gasteiger partial charge in [0.25, 0.3) is 0 Å². The Hall–Kier alpha value is -3.16. The number of hydrogen-bond acceptors (Lipinski definition) is 6. The van der Waals surface area contributed by atoms with Crippen molar-refractivity contribution < 1.29 is 14.3 Å². The summed E-state index contributed by atoms with van der Waals surface area (Å²) in [6.07, 6.45) is 5.89. The quantitative estimate of drug-likeness (QED) is 0.555. The Bertz CT molecular complexity index is 933. The number of anilines is 1. The molecule has 0 bridgehead atoms. The summed E-state index contributed by atoms with van der Waals surface area (Å²) >= 11 is 0. The lowest BCUT2D eigenvalue weighted by Crippen LogP contribution is -2.34. The second kappa shape index (κ2) is 9.56. The highest BCUT2D eigenvalue weighted by Gasteiger charge is 2.19. The highest BCUT2D eigenvalue weighted by molar-refractivity contribution is 5.92. The Morgan fingerprint density at radius 1 is 1.17 bits per heavy atom. The highest BCUT2D eigenvalue weighted by Crippen LogP contribution is 2.17. The van der Waals surface area contributed by atoms with Gasteiger partial charge in [-0.15, -0.1) is 0 Å². The number of carbonyl (C=O) groups excluding carboxylic acids is 2. The summed E-state index contributed by atoms with van der Waals surface area (Å²) in [5.74, 6) is 0.440. The van der Waals surface area contributed by atoms with Gasteiger partial charge in [0.15, 0.2) is 0 Å². The Kier molecular flexibility index (Phi) is 6.87. The van der Waals surface area contributed by atoms with Crippen LogP contribution in [0.1, 0.15) is 40.7 Å². The maximum absolute atomic E-state index is 12.7. The van der Waals surface area contributed by atoms with E-state index in [1.54, 1.807) is 25.3 Å². The average Bonchev–Trinajstić information content (AvgIpc) is 2.92. The third-order valence-corrected chi connectivity index (χ3v) is 5.35. The number of hydrogen-bond donors (Lipinski definition) is 0. The van der Waals surface area contributed by atoms with Gasteiger partial charge in [0.2, 0.25) is 5.91 Å². The third-order valence-electron chi connectivity index (χ3n) is 5.35. The van der Waals surface area contributed by atoms with Crippen LogP contribution < -0.4 is 4.90 Å². The van der Waals surface area contributed by atoms with Gasteiger partial charge in [0, 0.05) is 56.8 Å². The van der Waals surface area contributed by atoms with Crippen LogP contribution >= 0.6 is 0 Å². The Morgan fingerprint density at radius 3 is 2.60 bits per heavy atom. The largest absolute Gasteiger partial charge is 0.462 e. The van der Waals surface area contributed by atoms with Gasteiger partial charge < -0.3 is 14.5 Å². The topological polar surface area (TPSA) is 80.6 Å². The lowest BCUT2D eigenvalue weighted by molar-refractivity contribution is -0.125. The maximum Gasteiger partial charge on any atom is 0.339 e. The number of rotatable bonds is 5. The summed E-state index contributed by atoms with van der Waals surface area (Å²) < 4.78 is 6.82. The minimum absolute atomic E-state index is 0.00474. The van der Waals surface area contributed by atoms with Gasteiger partial charge in [-0.3, -0.25) is 9.48 Å². The smallest absolute Gasteiger partial charge is 0.339 e. The van der Waals surface area contributed by atoms with Crippen LogP contribution in [0.3, 0.4) is 0 Å². The molecule has 0 aliphatic carbocycles. The molecule has 1 saturated heterocycles. The number of esters is 1. The first-order valence-corrected chi connectivity index (χ1v) is 10.3. The van der Waals surface area contributed by atoms with Crippen molar-refractivity contribution in [2.75, 3.05) is 37.7 Å². The van der Waals surface area contributed by atoms with E-state index in [1.165, 1.54) is 0 Å². The van der Waals surface area contributed by atoms with Crippen molar-refractivity contribution in [2.45, 2.75) is 27.2 Å². The molecule has 3 rings (SSSR count). The van der Waals surface area contributed by atoms with Crippen molar-refractivity contribution in [3.8, 4) is 0 Å². The predicted octanol–water partition coefficient (Wildman–Crippen LogP) is 2.36. The molecule has 1 amide bonds. The first-order valence-electron chi connectivity index (χ1n) is 10.3. The molecular weight excluding hydrogens is 382 g/mol. The number of pyridine rings is 1. The summed E-state index contributed by atoms with van der Waals surface area (Å²) in [5, 5.41) is 4.38. The SMILES string of the molecule is CCOC(=O)c1ccc(N2CCCN(C(=O)/C=C/c3c(C)nn(C)c3C)CC2)nc1. The van der Waals surface area contributed by atoms with Crippen LogP contribution in [-0.2, 0) is 16.6 Å². The number of aromatic nitrogens is 3. The van der Waals surface area contributed by atoms with Gasteiger partial charge >= 0.3 is 5.97 Å². The molecule has 0 atom stereocenters. The Labute approximate surface area is 177 Å². The average molecular weight is 412 g/mol. The highest BCUT2D eigenvalue weighted by atomic mass is 16.5. The molecule has 2 aromatic rings. The van der Waals surface area contributed by atoms with Gasteiger partial charge in [-0.1, -0.05) is 0 Å². The fourth-order valence-electron chi connectivity index (χ4n) is 3.57. The molecule has 1 aliphatic rings. The normalized spacial score (nSPS) is 14.8. The molecule has 30 heavy (non-hydrogen) atoms. The lowest BCUT2D eigenvalue weighted by atomic mass is 10.2. The molecule has 0 aromatic carbocycles. The molecule has 2 aromatic heterocycles. The van der Waals surface area contributed by atoms with Crippen molar-refractivity contribution in [3.63, 3.8) is 0 Å². The van der Waals surface area contributed by atoms with E-state index in [-0.39, 0.29) is 11.9 Å². The summed E-state index contributed by atoms with van der Waals surface area (Å²) in [6.45, 7) is 8.87. The molecular formula is C22H29N5O3. The summed E-state index contributed by atoms with van der Waals surface area (Å²) in [5.41, 5.74) is 3.39. The van der Waals surface area contributed by atoms with Gasteiger partial charge in [0.05, 0.1) is 17.9 Å². The minimum atomic E-state index is -0.366. The summed E-state index contributed by atoms with van der Waals surface area (Å²) in [6, 6.07) is 3.56. The molecule has 1 fully saturated rings. The molecule has 0 spiro atoms. The van der Waals surface area contributed by atoms with Crippen molar-refractivity contribution in [3.05, 3.63) is 46.9 Å². The van der Waals surface area contributed by atoms with Crippen molar-refractivity contribution >= 4 is 23.8 Å². The Balaban J connectivity index is 1.61. The zero-order valence-electron chi connectivity index (χ0n) is 18.1. The van der Waals surface area contributed by atoms with Crippen LogP contribution in [0.15, 0.2) is 24.4 Å². The van der Waals surface area contributed by atoms with E-state index < -0.39 is 0 Å². The van der Waals surface area contributed by atoms with Gasteiger partial charge in [-0.2, -0.15) is 5.10 Å². The molecule has 3 heterocycles. The van der Waals surface area contributed by atoms with Crippen LogP contribution in [-0.4, -0.2) is 64.3 Å². The zero-order valence-corrected chi connectivity index (χ0v) is 18.1. The van der Waals surface area contributed by atoms with E-state index in [9.17, 15) is 9.59 Å². The fourth-order valence-corrected chi connectivity index (χ4v) is 3.57. The number of nitrogens with zero attached hydrogens (tertiary/aromatic N) is 5. The second-order valence-electron chi connectivity index (χ2n) is 7.33. The van der Waals surface area contributed by atoms with E-state index in [4.69, 9.17) is 4.74 Å². The van der Waals surface area contributed by atoms with E-state index in [2.05, 4.69) is 15.0 Å². The second-order valence-corrected chi connectivity index (χ2v) is 7.33. The van der Waals surface area contributed by atoms with Crippen LogP contribution in [0.4, 0.5) is 5.82 Å². The predicted molar refractivity (Wildman–Crippen MR) is 115 cm³/mol. The summed E-state index contributed by atoms with van der Waals surface area (Å²) in [4.78, 5) is 32.9. The first-order chi connectivity index (χ1) is 14.4. The molecule has 1 aliphatic heterocycles. The van der Waals surface area contributed by atoms with Crippen LogP contribution in [0.5, 0.6) is 0 Å². The van der Waals surface area contributed by atoms with E-state index in [1.807, 2.05) is 42.6 Å². The van der Waals surface area contributed by atoms with Crippen LogP contribution in [0, 0.1) is 13.8 Å². The fraction of sp³-hybridized carbons (Fsp3) is 0.455. The number of carbonyl (C=O) groups is 2. The molecule has 0 N–H and O–H groups in total. The third kappa shape index (κ3) is 4.87. The van der Waals surface area contributed by atoms with Crippen LogP contribution in [0.25, 0.3) is 6.08 Å². The Morgan fingerprint density at radius 2 is 1.97 bits per heavy atom. The van der Waals surface area contributed by atoms with E-state index in [0.29, 0.717) is 31.8 Å². The van der Waals surface area contributed by atoms with Crippen molar-refractivity contribution in [1.82, 2.24) is 19.7 Å². The standard InChI is InChI=1S/C22H29N5O3/c1-5-30-22(29)18-7-9-20(23-15-18)26-11-6-12-27(14-13-26)21(28)10-8-19-16(2)24-25(4)17(19)3/h7-10,15H,5-6,11-14H2,1-4H3/b10-8+. The maximum atomic E-state index is 12.7. The summed E-state index contributed by atoms with van der Waals surface area (Å²) in [7, 11) is 1.90. The molecule has 0 radical (unpaired) electrons. The van der Waals surface area contributed by atoms with E-state index >= 15 is 0 Å². The first kappa shape index (κ1) is 21.5. The molecule has 0 unspecified atom stereocenters. The molecule has 0 saturated carbocycles. The zero-order chi connectivity index (χ0) is 21.7.